The zero-order valence-electron chi connectivity index (χ0n) is 23.7. The third-order valence-electron chi connectivity index (χ3n) is 8.84. The zero-order chi connectivity index (χ0) is 28.6. The predicted molar refractivity (Wildman–Crippen MR) is 186 cm³/mol. The number of para-hydroxylation sites is 1. The van der Waals surface area contributed by atoms with E-state index in [4.69, 9.17) is 4.98 Å². The van der Waals surface area contributed by atoms with Crippen LogP contribution in [0.1, 0.15) is 0 Å². The second-order valence-electron chi connectivity index (χ2n) is 11.1. The van der Waals surface area contributed by atoms with E-state index in [0.29, 0.717) is 0 Å². The van der Waals surface area contributed by atoms with E-state index in [-0.39, 0.29) is 0 Å². The van der Waals surface area contributed by atoms with Gasteiger partial charge < -0.3 is 0 Å². The average Bonchev–Trinajstić information content (AvgIpc) is 3.09. The van der Waals surface area contributed by atoms with Crippen LogP contribution in [0.15, 0.2) is 176 Å². The van der Waals surface area contributed by atoms with Crippen LogP contribution in [0.3, 0.4) is 0 Å². The summed E-state index contributed by atoms with van der Waals surface area (Å²) in [7, 11) is -2.62. The molecule has 1 heterocycles. The molecule has 1 nitrogen and oxygen atoms in total. The number of hydrogen-bond donors (Lipinski definition) is 0. The molecule has 0 fully saturated rings. The number of aromatic nitrogens is 1. The maximum Gasteiger partial charge on any atom is 0.179 e. The van der Waals surface area contributed by atoms with Gasteiger partial charge in [0.15, 0.2) is 8.07 Å². The van der Waals surface area contributed by atoms with E-state index in [1.54, 1.807) is 0 Å². The van der Waals surface area contributed by atoms with Crippen molar-refractivity contribution in [2.45, 2.75) is 0 Å². The molecule has 0 aliphatic rings. The lowest BCUT2D eigenvalue weighted by atomic mass is 9.94. The first-order chi connectivity index (χ1) is 21.3. The van der Waals surface area contributed by atoms with Gasteiger partial charge in [-0.3, -0.25) is 4.98 Å². The molecule has 0 N–H and O–H groups in total. The predicted octanol–water partition coefficient (Wildman–Crippen LogP) is 7.59. The number of pyridine rings is 1. The van der Waals surface area contributed by atoms with Crippen molar-refractivity contribution >= 4 is 61.3 Å². The zero-order valence-corrected chi connectivity index (χ0v) is 24.7. The number of hydrogen-bond acceptors (Lipinski definition) is 1. The quantitative estimate of drug-likeness (QED) is 0.119. The van der Waals surface area contributed by atoms with Gasteiger partial charge in [-0.05, 0) is 48.7 Å². The lowest BCUT2D eigenvalue weighted by Gasteiger charge is -2.34. The molecule has 0 aliphatic heterocycles. The van der Waals surface area contributed by atoms with Crippen molar-refractivity contribution in [2.75, 3.05) is 0 Å². The van der Waals surface area contributed by atoms with Crippen LogP contribution in [-0.4, -0.2) is 13.1 Å². The van der Waals surface area contributed by atoms with Gasteiger partial charge in [0.05, 0.1) is 5.52 Å². The summed E-state index contributed by atoms with van der Waals surface area (Å²) in [5.74, 6) is 0. The Balaban J connectivity index is 1.42. The Morgan fingerprint density at radius 3 is 1.63 bits per heavy atom. The minimum absolute atomic E-state index is 1.03. The van der Waals surface area contributed by atoms with Crippen molar-refractivity contribution in [1.29, 1.82) is 0 Å². The summed E-state index contributed by atoms with van der Waals surface area (Å²) in [5.41, 5.74) is 3.51. The first-order valence-electron chi connectivity index (χ1n) is 14.8. The maximum atomic E-state index is 4.73. The van der Waals surface area contributed by atoms with E-state index in [0.717, 1.165) is 5.52 Å². The van der Waals surface area contributed by atoms with E-state index in [1.165, 1.54) is 58.8 Å². The van der Waals surface area contributed by atoms with Gasteiger partial charge in [0.25, 0.3) is 0 Å². The third-order valence-corrected chi connectivity index (χ3v) is 13.6. The van der Waals surface area contributed by atoms with Crippen molar-refractivity contribution in [1.82, 2.24) is 4.98 Å². The highest BCUT2D eigenvalue weighted by Gasteiger charge is 2.41. The molecular weight excluding hydrogens is 535 g/mol. The Morgan fingerprint density at radius 2 is 0.953 bits per heavy atom. The molecule has 0 saturated carbocycles. The summed E-state index contributed by atoms with van der Waals surface area (Å²) >= 11 is 0. The second kappa shape index (κ2) is 10.5. The van der Waals surface area contributed by atoms with Gasteiger partial charge in [-0.15, -0.1) is 0 Å². The fourth-order valence-electron chi connectivity index (χ4n) is 6.96. The highest BCUT2D eigenvalue weighted by molar-refractivity contribution is 7.19. The van der Waals surface area contributed by atoms with Gasteiger partial charge in [0.1, 0.15) is 0 Å². The monoisotopic (exact) mass is 563 g/mol. The summed E-state index contributed by atoms with van der Waals surface area (Å²) < 4.78 is 0. The average molecular weight is 564 g/mol. The lowest BCUT2D eigenvalue weighted by Crippen LogP contribution is -2.74. The first-order valence-corrected chi connectivity index (χ1v) is 16.8. The standard InChI is InChI=1S/C41H29NSi/c1-4-15-32(16-5-1)43(33-17-6-2-7-18-33,34-19-8-3-9-20-34)35-21-12-14-30(28-35)36-23-13-24-38-37(36)27-26-31-29-42-40-25-11-10-22-39(40)41(31)38/h1-29H. The first kappa shape index (κ1) is 25.4. The van der Waals surface area contributed by atoms with Crippen LogP contribution in [-0.2, 0) is 0 Å². The Kier molecular flexibility index (Phi) is 6.21. The van der Waals surface area contributed by atoms with Crippen molar-refractivity contribution in [3.63, 3.8) is 0 Å². The van der Waals surface area contributed by atoms with Gasteiger partial charge in [-0.25, -0.2) is 0 Å². The molecule has 2 heteroatoms. The molecule has 0 atom stereocenters. The van der Waals surface area contributed by atoms with Gasteiger partial charge in [0, 0.05) is 22.4 Å². The van der Waals surface area contributed by atoms with Crippen molar-refractivity contribution < 1.29 is 0 Å². The van der Waals surface area contributed by atoms with E-state index in [1.807, 2.05) is 6.20 Å². The molecule has 0 amide bonds. The van der Waals surface area contributed by atoms with E-state index in [9.17, 15) is 0 Å². The highest BCUT2D eigenvalue weighted by atomic mass is 28.3. The van der Waals surface area contributed by atoms with Crippen molar-refractivity contribution in [3.8, 4) is 11.1 Å². The van der Waals surface area contributed by atoms with Crippen LogP contribution in [0.25, 0.3) is 43.6 Å². The van der Waals surface area contributed by atoms with Crippen molar-refractivity contribution in [3.05, 3.63) is 176 Å². The van der Waals surface area contributed by atoms with Crippen LogP contribution in [0.4, 0.5) is 0 Å². The summed E-state index contributed by atoms with van der Waals surface area (Å²) in [6.07, 6.45) is 2.00. The molecule has 8 aromatic rings. The van der Waals surface area contributed by atoms with Gasteiger partial charge in [-0.1, -0.05) is 164 Å². The summed E-state index contributed by atoms with van der Waals surface area (Å²) in [5, 5.41) is 11.7. The molecule has 0 unspecified atom stereocenters. The smallest absolute Gasteiger partial charge is 0.179 e. The Hall–Kier alpha value is -5.31. The fourth-order valence-corrected chi connectivity index (χ4v) is 11.8. The lowest BCUT2D eigenvalue weighted by molar-refractivity contribution is 1.45. The van der Waals surface area contributed by atoms with Crippen LogP contribution < -0.4 is 20.7 Å². The van der Waals surface area contributed by atoms with Crippen LogP contribution in [0, 0.1) is 0 Å². The SMILES string of the molecule is c1ccc([Si](c2ccccc2)(c2ccccc2)c2cccc(-c3cccc4c3ccc3cnc5ccccc5c34)c2)cc1. The molecule has 8 rings (SSSR count). The number of fused-ring (bicyclic) bond motifs is 5. The Morgan fingerprint density at radius 1 is 0.395 bits per heavy atom. The van der Waals surface area contributed by atoms with Crippen molar-refractivity contribution in [2.24, 2.45) is 0 Å². The van der Waals surface area contributed by atoms with E-state index < -0.39 is 8.07 Å². The molecule has 7 aromatic carbocycles. The highest BCUT2D eigenvalue weighted by Crippen LogP contribution is 2.36. The molecule has 0 bridgehead atoms. The minimum atomic E-state index is -2.62. The van der Waals surface area contributed by atoms with E-state index in [2.05, 4.69) is 170 Å². The summed E-state index contributed by atoms with van der Waals surface area (Å²) in [6.45, 7) is 0. The summed E-state index contributed by atoms with van der Waals surface area (Å²) in [4.78, 5) is 4.73. The number of rotatable bonds is 5. The molecular formula is C41H29NSi. The topological polar surface area (TPSA) is 12.9 Å². The number of benzene rings is 7. The minimum Gasteiger partial charge on any atom is -0.256 e. The number of nitrogens with zero attached hydrogens (tertiary/aromatic N) is 1. The summed E-state index contributed by atoms with van der Waals surface area (Å²) in [6, 6.07) is 62.4. The molecule has 0 spiro atoms. The van der Waals surface area contributed by atoms with Crippen LogP contribution >= 0.6 is 0 Å². The Bertz CT molecular complexity index is 2130. The van der Waals surface area contributed by atoms with Gasteiger partial charge >= 0.3 is 0 Å². The molecule has 0 aliphatic carbocycles. The van der Waals surface area contributed by atoms with Gasteiger partial charge in [-0.2, -0.15) is 0 Å². The Labute approximate surface area is 252 Å². The maximum absolute atomic E-state index is 4.73. The fraction of sp³-hybridized carbons (Fsp3) is 0. The molecule has 0 saturated heterocycles. The van der Waals surface area contributed by atoms with Crippen LogP contribution in [0.5, 0.6) is 0 Å². The second-order valence-corrected chi connectivity index (χ2v) is 14.9. The molecule has 1 aromatic heterocycles. The van der Waals surface area contributed by atoms with E-state index >= 15 is 0 Å². The van der Waals surface area contributed by atoms with Crippen LogP contribution in [0.2, 0.25) is 0 Å². The largest absolute Gasteiger partial charge is 0.256 e. The normalized spacial score (nSPS) is 11.7. The molecule has 202 valence electrons. The molecule has 43 heavy (non-hydrogen) atoms. The molecule has 0 radical (unpaired) electrons. The third kappa shape index (κ3) is 4.11. The van der Waals surface area contributed by atoms with Gasteiger partial charge in [0.2, 0.25) is 0 Å².